The van der Waals surface area contributed by atoms with Crippen molar-refractivity contribution >= 4 is 23.3 Å². The van der Waals surface area contributed by atoms with Crippen molar-refractivity contribution in [2.75, 3.05) is 5.73 Å². The Hall–Kier alpha value is -0.960. The van der Waals surface area contributed by atoms with Gasteiger partial charge in [-0.25, -0.2) is 0 Å². The first-order valence-corrected chi connectivity index (χ1v) is 2.97. The topological polar surface area (TPSA) is 38.9 Å². The zero-order valence-corrected chi connectivity index (χ0v) is 5.56. The molecule has 0 radical (unpaired) electrons. The highest BCUT2D eigenvalue weighted by atomic mass is 32.1. The van der Waals surface area contributed by atoms with Crippen molar-refractivity contribution in [3.8, 4) is 0 Å². The first-order chi connectivity index (χ1) is 4.34. The van der Waals surface area contributed by atoms with Crippen molar-refractivity contribution in [3.63, 3.8) is 0 Å². The Bertz CT molecular complexity index is 222. The molecule has 0 aliphatic rings. The fraction of sp³-hybridized carbons (Fsp3) is 0. The maximum Gasteiger partial charge on any atom is 0.0965 e. The number of aromatic nitrogens is 1. The molecule has 1 rings (SSSR count). The number of thiocarbonyl (C=S) groups is 1. The van der Waals surface area contributed by atoms with E-state index in [1.807, 2.05) is 0 Å². The second-order valence-corrected chi connectivity index (χ2v) is 1.83. The summed E-state index contributed by atoms with van der Waals surface area (Å²) < 4.78 is 0. The summed E-state index contributed by atoms with van der Waals surface area (Å²) in [4.78, 5) is 3.91. The van der Waals surface area contributed by atoms with Crippen LogP contribution in [0.5, 0.6) is 0 Å². The lowest BCUT2D eigenvalue weighted by atomic mass is 10.3. The summed E-state index contributed by atoms with van der Waals surface area (Å²) >= 11 is 4.64. The van der Waals surface area contributed by atoms with Gasteiger partial charge in [0.15, 0.2) is 0 Å². The molecular weight excluding hydrogens is 132 g/mol. The molecule has 0 bridgehead atoms. The fourth-order valence-electron chi connectivity index (χ4n) is 0.528. The van der Waals surface area contributed by atoms with Crippen molar-refractivity contribution in [1.29, 1.82) is 0 Å². The summed E-state index contributed by atoms with van der Waals surface area (Å²) in [7, 11) is 0. The van der Waals surface area contributed by atoms with Gasteiger partial charge in [0, 0.05) is 11.6 Å². The minimum absolute atomic E-state index is 0.632. The van der Waals surface area contributed by atoms with Crippen LogP contribution < -0.4 is 5.73 Å². The van der Waals surface area contributed by atoms with Crippen molar-refractivity contribution in [2.45, 2.75) is 0 Å². The van der Waals surface area contributed by atoms with E-state index in [0.29, 0.717) is 11.4 Å². The third-order valence-electron chi connectivity index (χ3n) is 0.983. The van der Waals surface area contributed by atoms with Crippen molar-refractivity contribution in [1.82, 2.24) is 4.98 Å². The highest BCUT2D eigenvalue weighted by molar-refractivity contribution is 7.79. The zero-order valence-electron chi connectivity index (χ0n) is 4.74. The Kier molecular flexibility index (Phi) is 1.75. The molecular formula is C6H6N2S. The van der Waals surface area contributed by atoms with E-state index in [0.717, 1.165) is 0 Å². The third-order valence-corrected chi connectivity index (χ3v) is 1.21. The molecule has 0 saturated heterocycles. The summed E-state index contributed by atoms with van der Waals surface area (Å²) in [5.41, 5.74) is 6.78. The fourth-order valence-corrected chi connectivity index (χ4v) is 0.725. The number of nitrogen functional groups attached to an aromatic ring is 1. The predicted molar refractivity (Wildman–Crippen MR) is 41.4 cm³/mol. The van der Waals surface area contributed by atoms with Gasteiger partial charge in [-0.15, -0.1) is 0 Å². The van der Waals surface area contributed by atoms with Gasteiger partial charge in [0.1, 0.15) is 0 Å². The van der Waals surface area contributed by atoms with E-state index < -0.39 is 0 Å². The Morgan fingerprint density at radius 3 is 2.89 bits per heavy atom. The Morgan fingerprint density at radius 1 is 1.67 bits per heavy atom. The number of nitrogens with zero attached hydrogens (tertiary/aromatic N) is 1. The first-order valence-electron chi connectivity index (χ1n) is 2.50. The highest BCUT2D eigenvalue weighted by Gasteiger charge is 1.90. The second kappa shape index (κ2) is 2.55. The first kappa shape index (κ1) is 6.16. The number of hydrogen-bond acceptors (Lipinski definition) is 3. The van der Waals surface area contributed by atoms with Gasteiger partial charge in [0.25, 0.3) is 0 Å². The van der Waals surface area contributed by atoms with Crippen LogP contribution in [0, 0.1) is 0 Å². The van der Waals surface area contributed by atoms with Gasteiger partial charge in [0.2, 0.25) is 0 Å². The third kappa shape index (κ3) is 1.23. The van der Waals surface area contributed by atoms with Gasteiger partial charge < -0.3 is 5.73 Å². The number of anilines is 1. The van der Waals surface area contributed by atoms with E-state index in [4.69, 9.17) is 5.73 Å². The van der Waals surface area contributed by atoms with Crippen LogP contribution >= 0.6 is 12.2 Å². The Morgan fingerprint density at radius 2 is 2.44 bits per heavy atom. The van der Waals surface area contributed by atoms with Crippen LogP contribution in [0.1, 0.15) is 5.69 Å². The largest absolute Gasteiger partial charge is 0.397 e. The summed E-state index contributed by atoms with van der Waals surface area (Å²) in [6.45, 7) is 0. The molecule has 1 aromatic rings. The molecule has 0 aliphatic carbocycles. The molecule has 46 valence electrons. The predicted octanol–water partition coefficient (Wildman–Crippen LogP) is 1.01. The summed E-state index contributed by atoms with van der Waals surface area (Å²) in [6, 6.07) is 3.54. The van der Waals surface area contributed by atoms with Crippen LogP contribution in [0.3, 0.4) is 0 Å². The monoisotopic (exact) mass is 138 g/mol. The van der Waals surface area contributed by atoms with Crippen molar-refractivity contribution in [2.24, 2.45) is 0 Å². The second-order valence-electron chi connectivity index (χ2n) is 1.60. The van der Waals surface area contributed by atoms with E-state index >= 15 is 0 Å². The lowest BCUT2D eigenvalue weighted by Crippen LogP contribution is -1.93. The average Bonchev–Trinajstić information content (AvgIpc) is 1.89. The molecule has 3 heteroatoms. The molecule has 9 heavy (non-hydrogen) atoms. The number of nitrogens with two attached hydrogens (primary N) is 1. The Labute approximate surface area is 58.7 Å². The van der Waals surface area contributed by atoms with E-state index in [1.165, 1.54) is 5.37 Å². The van der Waals surface area contributed by atoms with Crippen molar-refractivity contribution < 1.29 is 0 Å². The van der Waals surface area contributed by atoms with E-state index in [2.05, 4.69) is 17.2 Å². The van der Waals surface area contributed by atoms with E-state index in [-0.39, 0.29) is 0 Å². The van der Waals surface area contributed by atoms with Crippen LogP contribution in [-0.4, -0.2) is 10.4 Å². The molecule has 2 N–H and O–H groups in total. The molecule has 0 spiro atoms. The Balaban J connectivity index is 3.15. The van der Waals surface area contributed by atoms with Gasteiger partial charge in [-0.3, -0.25) is 4.98 Å². The normalized spacial score (nSPS) is 8.89. The molecule has 0 aliphatic heterocycles. The van der Waals surface area contributed by atoms with Gasteiger partial charge >= 0.3 is 0 Å². The van der Waals surface area contributed by atoms with Crippen molar-refractivity contribution in [3.05, 3.63) is 24.0 Å². The summed E-state index contributed by atoms with van der Waals surface area (Å²) in [5, 5.41) is 1.47. The van der Waals surface area contributed by atoms with Gasteiger partial charge in [-0.2, -0.15) is 0 Å². The summed E-state index contributed by atoms with van der Waals surface area (Å²) in [5.74, 6) is 0. The molecule has 0 saturated carbocycles. The SMILES string of the molecule is Nc1cccnc1C=S. The molecule has 0 atom stereocenters. The minimum atomic E-state index is 0.632. The quantitative estimate of drug-likeness (QED) is 0.589. The van der Waals surface area contributed by atoms with Crippen LogP contribution in [0.2, 0.25) is 0 Å². The lowest BCUT2D eigenvalue weighted by Gasteiger charge is -1.93. The maximum atomic E-state index is 5.47. The zero-order chi connectivity index (χ0) is 6.69. The molecule has 0 aromatic carbocycles. The number of pyridine rings is 1. The van der Waals surface area contributed by atoms with Gasteiger partial charge in [-0.1, -0.05) is 12.2 Å². The van der Waals surface area contributed by atoms with E-state index in [9.17, 15) is 0 Å². The molecule has 0 unspecified atom stereocenters. The average molecular weight is 138 g/mol. The maximum absolute atomic E-state index is 5.47. The summed E-state index contributed by atoms with van der Waals surface area (Å²) in [6.07, 6.45) is 1.66. The standard InChI is InChI=1S/C6H6N2S/c7-5-2-1-3-8-6(5)4-9/h1-4H,7H2. The molecule has 0 fully saturated rings. The van der Waals surface area contributed by atoms with Gasteiger partial charge in [0.05, 0.1) is 11.4 Å². The van der Waals surface area contributed by atoms with Crippen LogP contribution in [0.4, 0.5) is 5.69 Å². The van der Waals surface area contributed by atoms with Crippen LogP contribution in [0.25, 0.3) is 0 Å². The van der Waals surface area contributed by atoms with Gasteiger partial charge in [-0.05, 0) is 12.1 Å². The molecule has 1 aromatic heterocycles. The minimum Gasteiger partial charge on any atom is -0.397 e. The molecule has 2 nitrogen and oxygen atoms in total. The molecule has 0 amide bonds. The lowest BCUT2D eigenvalue weighted by molar-refractivity contribution is 1.32. The van der Waals surface area contributed by atoms with E-state index in [1.54, 1.807) is 18.3 Å². The van der Waals surface area contributed by atoms with Crippen LogP contribution in [0.15, 0.2) is 18.3 Å². The molecule has 1 heterocycles. The number of rotatable bonds is 1. The highest BCUT2D eigenvalue weighted by Crippen LogP contribution is 2.02. The number of hydrogen-bond donors (Lipinski definition) is 1. The van der Waals surface area contributed by atoms with Crippen LogP contribution in [-0.2, 0) is 0 Å². The smallest absolute Gasteiger partial charge is 0.0965 e.